The molecule has 154 valence electrons. The lowest BCUT2D eigenvalue weighted by Crippen LogP contribution is -2.41. The molecule has 8 nitrogen and oxygen atoms in total. The van der Waals surface area contributed by atoms with Crippen LogP contribution in [0.4, 0.5) is 5.69 Å². The summed E-state index contributed by atoms with van der Waals surface area (Å²) in [6, 6.07) is 12.9. The number of ether oxygens (including phenoxy) is 1. The van der Waals surface area contributed by atoms with E-state index in [0.717, 1.165) is 0 Å². The van der Waals surface area contributed by atoms with Gasteiger partial charge in [-0.1, -0.05) is 18.2 Å². The van der Waals surface area contributed by atoms with E-state index in [2.05, 4.69) is 5.32 Å². The number of nitrogens with one attached hydrogen (secondary N) is 1. The van der Waals surface area contributed by atoms with Gasteiger partial charge in [0.2, 0.25) is 15.9 Å². The van der Waals surface area contributed by atoms with Crippen molar-refractivity contribution in [2.45, 2.75) is 17.7 Å². The summed E-state index contributed by atoms with van der Waals surface area (Å²) in [5.41, 5.74) is 6.02. The Labute approximate surface area is 169 Å². The van der Waals surface area contributed by atoms with Gasteiger partial charge < -0.3 is 15.8 Å². The van der Waals surface area contributed by atoms with Crippen LogP contribution in [-0.2, 0) is 14.8 Å². The van der Waals surface area contributed by atoms with Crippen molar-refractivity contribution in [1.29, 1.82) is 0 Å². The number of sulfonamides is 1. The van der Waals surface area contributed by atoms with Crippen LogP contribution in [0.1, 0.15) is 23.2 Å². The predicted octanol–water partition coefficient (Wildman–Crippen LogP) is 1.83. The Kier molecular flexibility index (Phi) is 6.19. The van der Waals surface area contributed by atoms with E-state index in [-0.39, 0.29) is 35.5 Å². The van der Waals surface area contributed by atoms with Crippen molar-refractivity contribution < 1.29 is 22.7 Å². The van der Waals surface area contributed by atoms with Crippen molar-refractivity contribution in [3.63, 3.8) is 0 Å². The van der Waals surface area contributed by atoms with E-state index in [1.165, 1.54) is 29.6 Å². The highest BCUT2D eigenvalue weighted by atomic mass is 32.2. The van der Waals surface area contributed by atoms with Crippen LogP contribution in [0.5, 0.6) is 5.75 Å². The first kappa shape index (κ1) is 20.8. The maximum Gasteiger partial charge on any atom is 0.255 e. The number of anilines is 1. The average molecular weight is 417 g/mol. The fourth-order valence-electron chi connectivity index (χ4n) is 3.26. The fraction of sp³-hybridized carbons (Fsp3) is 0.300. The third-order valence-electron chi connectivity index (χ3n) is 4.95. The Bertz CT molecular complexity index is 1000. The minimum absolute atomic E-state index is 0.0409. The van der Waals surface area contributed by atoms with Gasteiger partial charge in [0.15, 0.2) is 0 Å². The first-order valence-corrected chi connectivity index (χ1v) is 10.6. The molecule has 0 radical (unpaired) electrons. The Balaban J connectivity index is 1.84. The normalized spacial score (nSPS) is 15.6. The number of carbonyl (C=O) groups excluding carboxylic acids is 2. The van der Waals surface area contributed by atoms with Gasteiger partial charge in [-0.2, -0.15) is 4.31 Å². The molecule has 0 unspecified atom stereocenters. The lowest BCUT2D eigenvalue weighted by molar-refractivity contribution is -0.122. The van der Waals surface area contributed by atoms with Crippen LogP contribution in [0.3, 0.4) is 0 Å². The van der Waals surface area contributed by atoms with E-state index in [9.17, 15) is 18.0 Å². The standard InChI is InChI=1S/C20H23N3O5S/c1-28-18-8-7-16(13-17(18)22-20(25)15-5-3-2-4-6-15)29(26,27)23-11-9-14(10-12-23)19(21)24/h2-8,13-14H,9-12H2,1H3,(H2,21,24)(H,22,25). The number of nitrogens with two attached hydrogens (primary N) is 1. The Hall–Kier alpha value is -2.91. The molecule has 0 aromatic heterocycles. The van der Waals surface area contributed by atoms with Crippen LogP contribution in [-0.4, -0.2) is 44.7 Å². The van der Waals surface area contributed by atoms with Crippen molar-refractivity contribution in [3.8, 4) is 5.75 Å². The molecule has 9 heteroatoms. The van der Waals surface area contributed by atoms with E-state index in [4.69, 9.17) is 10.5 Å². The molecule has 1 aliphatic heterocycles. The van der Waals surface area contributed by atoms with E-state index in [0.29, 0.717) is 24.2 Å². The van der Waals surface area contributed by atoms with Gasteiger partial charge in [0.1, 0.15) is 5.75 Å². The van der Waals surface area contributed by atoms with Gasteiger partial charge in [0.25, 0.3) is 5.91 Å². The number of hydrogen-bond donors (Lipinski definition) is 2. The molecular formula is C20H23N3O5S. The van der Waals surface area contributed by atoms with E-state index < -0.39 is 15.9 Å². The zero-order chi connectivity index (χ0) is 21.0. The average Bonchev–Trinajstić information content (AvgIpc) is 2.74. The van der Waals surface area contributed by atoms with Gasteiger partial charge >= 0.3 is 0 Å². The molecule has 1 saturated heterocycles. The highest BCUT2D eigenvalue weighted by Crippen LogP contribution is 2.31. The fourth-order valence-corrected chi connectivity index (χ4v) is 4.76. The highest BCUT2D eigenvalue weighted by Gasteiger charge is 2.31. The molecule has 3 rings (SSSR count). The number of primary amides is 1. The molecule has 0 atom stereocenters. The number of rotatable bonds is 6. The van der Waals surface area contributed by atoms with Crippen LogP contribution in [0.25, 0.3) is 0 Å². The lowest BCUT2D eigenvalue weighted by Gasteiger charge is -2.29. The van der Waals surface area contributed by atoms with Crippen LogP contribution < -0.4 is 15.8 Å². The van der Waals surface area contributed by atoms with E-state index in [1.807, 2.05) is 0 Å². The van der Waals surface area contributed by atoms with Gasteiger partial charge in [-0.3, -0.25) is 9.59 Å². The predicted molar refractivity (Wildman–Crippen MR) is 108 cm³/mol. The van der Waals surface area contributed by atoms with Gasteiger partial charge in [0.05, 0.1) is 17.7 Å². The van der Waals surface area contributed by atoms with Gasteiger partial charge in [-0.15, -0.1) is 0 Å². The molecule has 1 heterocycles. The number of nitrogens with zero attached hydrogens (tertiary/aromatic N) is 1. The van der Waals surface area contributed by atoms with Crippen molar-refractivity contribution in [2.24, 2.45) is 11.7 Å². The third kappa shape index (κ3) is 4.57. The molecule has 0 bridgehead atoms. The number of hydrogen-bond acceptors (Lipinski definition) is 5. The summed E-state index contributed by atoms with van der Waals surface area (Å²) in [7, 11) is -2.34. The first-order valence-electron chi connectivity index (χ1n) is 9.17. The van der Waals surface area contributed by atoms with Crippen molar-refractivity contribution in [2.75, 3.05) is 25.5 Å². The quantitative estimate of drug-likeness (QED) is 0.743. The second kappa shape index (κ2) is 8.62. The number of benzene rings is 2. The number of carbonyl (C=O) groups is 2. The summed E-state index contributed by atoms with van der Waals surface area (Å²) in [6.07, 6.45) is 0.782. The zero-order valence-corrected chi connectivity index (χ0v) is 16.8. The molecule has 2 amide bonds. The molecule has 1 aliphatic rings. The topological polar surface area (TPSA) is 119 Å². The summed E-state index contributed by atoms with van der Waals surface area (Å²) < 4.78 is 32.6. The minimum Gasteiger partial charge on any atom is -0.495 e. The second-order valence-corrected chi connectivity index (χ2v) is 8.70. The van der Waals surface area contributed by atoms with E-state index >= 15 is 0 Å². The van der Waals surface area contributed by atoms with Crippen molar-refractivity contribution in [3.05, 3.63) is 54.1 Å². The second-order valence-electron chi connectivity index (χ2n) is 6.76. The summed E-state index contributed by atoms with van der Waals surface area (Å²) in [4.78, 5) is 23.8. The summed E-state index contributed by atoms with van der Waals surface area (Å²) in [6.45, 7) is 0.432. The minimum atomic E-state index is -3.78. The Morgan fingerprint density at radius 3 is 2.34 bits per heavy atom. The molecular weight excluding hydrogens is 394 g/mol. The molecule has 0 aliphatic carbocycles. The summed E-state index contributed by atoms with van der Waals surface area (Å²) in [5.74, 6) is -0.739. The smallest absolute Gasteiger partial charge is 0.255 e. The largest absolute Gasteiger partial charge is 0.495 e. The van der Waals surface area contributed by atoms with Crippen LogP contribution in [0, 0.1) is 5.92 Å². The van der Waals surface area contributed by atoms with Gasteiger partial charge in [0, 0.05) is 24.6 Å². The number of amides is 2. The van der Waals surface area contributed by atoms with E-state index in [1.54, 1.807) is 30.3 Å². The molecule has 0 spiro atoms. The maximum atomic E-state index is 13.0. The molecule has 2 aromatic carbocycles. The monoisotopic (exact) mass is 417 g/mol. The summed E-state index contributed by atoms with van der Waals surface area (Å²) in [5, 5.41) is 2.71. The Morgan fingerprint density at radius 1 is 1.10 bits per heavy atom. The van der Waals surface area contributed by atoms with Crippen LogP contribution in [0.15, 0.2) is 53.4 Å². The highest BCUT2D eigenvalue weighted by molar-refractivity contribution is 7.89. The SMILES string of the molecule is COc1ccc(S(=O)(=O)N2CCC(C(N)=O)CC2)cc1NC(=O)c1ccccc1. The van der Waals surface area contributed by atoms with Crippen LogP contribution >= 0.6 is 0 Å². The molecule has 2 aromatic rings. The first-order chi connectivity index (χ1) is 13.8. The van der Waals surface area contributed by atoms with Crippen molar-refractivity contribution in [1.82, 2.24) is 4.31 Å². The summed E-state index contributed by atoms with van der Waals surface area (Å²) >= 11 is 0. The van der Waals surface area contributed by atoms with Gasteiger partial charge in [-0.05, 0) is 43.2 Å². The zero-order valence-electron chi connectivity index (χ0n) is 16.0. The molecule has 3 N–H and O–H groups in total. The maximum absolute atomic E-state index is 13.0. The van der Waals surface area contributed by atoms with Crippen molar-refractivity contribution >= 4 is 27.5 Å². The molecule has 1 fully saturated rings. The Morgan fingerprint density at radius 2 is 1.76 bits per heavy atom. The van der Waals surface area contributed by atoms with Gasteiger partial charge in [-0.25, -0.2) is 8.42 Å². The molecule has 0 saturated carbocycles. The lowest BCUT2D eigenvalue weighted by atomic mass is 9.98. The van der Waals surface area contributed by atoms with Crippen LogP contribution in [0.2, 0.25) is 0 Å². The third-order valence-corrected chi connectivity index (χ3v) is 6.84. The number of piperidine rings is 1. The number of methoxy groups -OCH3 is 1. The molecule has 29 heavy (non-hydrogen) atoms.